The molecular weight excluding hydrogens is 292 g/mol. The smallest absolute Gasteiger partial charge is 0.313 e. The average molecular weight is 313 g/mol. The number of rotatable bonds is 5. The molecule has 116 valence electrons. The molecular formula is C15H21ClN2O3. The van der Waals surface area contributed by atoms with E-state index < -0.39 is 17.9 Å². The molecule has 0 radical (unpaired) electrons. The number of carbonyl (C=O) groups is 2. The van der Waals surface area contributed by atoms with E-state index in [1.54, 1.807) is 18.2 Å². The molecule has 0 heterocycles. The Kier molecular flexibility index (Phi) is 6.65. The summed E-state index contributed by atoms with van der Waals surface area (Å²) < 4.78 is 0. The van der Waals surface area contributed by atoms with Crippen molar-refractivity contribution in [2.24, 2.45) is 5.92 Å². The SMILES string of the molecule is Cc1ccc(NC(=O)C(=O)NCCC(O)C(C)C)cc1Cl. The third-order valence-electron chi connectivity index (χ3n) is 3.13. The molecule has 0 saturated carbocycles. The second-order valence-electron chi connectivity index (χ2n) is 5.27. The first-order valence-electron chi connectivity index (χ1n) is 6.84. The van der Waals surface area contributed by atoms with Gasteiger partial charge in [0.05, 0.1) is 6.10 Å². The fraction of sp³-hybridized carbons (Fsp3) is 0.467. The number of aliphatic hydroxyl groups is 1. The summed E-state index contributed by atoms with van der Waals surface area (Å²) in [6, 6.07) is 5.02. The Morgan fingerprint density at radius 3 is 2.52 bits per heavy atom. The van der Waals surface area contributed by atoms with Gasteiger partial charge in [-0.25, -0.2) is 0 Å². The Bertz CT molecular complexity index is 518. The summed E-state index contributed by atoms with van der Waals surface area (Å²) in [7, 11) is 0. The van der Waals surface area contributed by atoms with Gasteiger partial charge in [0.25, 0.3) is 0 Å². The minimum Gasteiger partial charge on any atom is -0.393 e. The number of amides is 2. The quantitative estimate of drug-likeness (QED) is 0.729. The van der Waals surface area contributed by atoms with Crippen LogP contribution in [-0.4, -0.2) is 29.6 Å². The summed E-state index contributed by atoms with van der Waals surface area (Å²) in [5, 5.41) is 15.1. The molecule has 5 nitrogen and oxygen atoms in total. The van der Waals surface area contributed by atoms with E-state index >= 15 is 0 Å². The van der Waals surface area contributed by atoms with Crippen LogP contribution in [0.4, 0.5) is 5.69 Å². The number of hydrogen-bond acceptors (Lipinski definition) is 3. The summed E-state index contributed by atoms with van der Waals surface area (Å²) in [5.41, 5.74) is 1.36. The highest BCUT2D eigenvalue weighted by Crippen LogP contribution is 2.19. The first-order valence-corrected chi connectivity index (χ1v) is 7.22. The molecule has 0 aliphatic rings. The summed E-state index contributed by atoms with van der Waals surface area (Å²) in [6.45, 7) is 5.88. The Balaban J connectivity index is 2.44. The Morgan fingerprint density at radius 2 is 1.95 bits per heavy atom. The highest BCUT2D eigenvalue weighted by molar-refractivity contribution is 6.39. The maximum atomic E-state index is 11.7. The fourth-order valence-electron chi connectivity index (χ4n) is 1.61. The Morgan fingerprint density at radius 1 is 1.29 bits per heavy atom. The van der Waals surface area contributed by atoms with Crippen molar-refractivity contribution >= 4 is 29.1 Å². The number of anilines is 1. The van der Waals surface area contributed by atoms with Gasteiger partial charge >= 0.3 is 11.8 Å². The van der Waals surface area contributed by atoms with Crippen LogP contribution in [-0.2, 0) is 9.59 Å². The maximum Gasteiger partial charge on any atom is 0.313 e. The van der Waals surface area contributed by atoms with E-state index in [9.17, 15) is 14.7 Å². The average Bonchev–Trinajstić information content (AvgIpc) is 2.42. The molecule has 0 bridgehead atoms. The molecule has 0 spiro atoms. The lowest BCUT2D eigenvalue weighted by Crippen LogP contribution is -2.37. The number of aliphatic hydroxyl groups excluding tert-OH is 1. The minimum atomic E-state index is -0.756. The lowest BCUT2D eigenvalue weighted by Gasteiger charge is -2.14. The van der Waals surface area contributed by atoms with E-state index in [0.29, 0.717) is 17.1 Å². The van der Waals surface area contributed by atoms with Crippen molar-refractivity contribution in [1.82, 2.24) is 5.32 Å². The summed E-state index contributed by atoms with van der Waals surface area (Å²) in [6.07, 6.45) is -0.0863. The van der Waals surface area contributed by atoms with Crippen molar-refractivity contribution in [1.29, 1.82) is 0 Å². The van der Waals surface area contributed by atoms with E-state index in [-0.39, 0.29) is 12.5 Å². The van der Waals surface area contributed by atoms with Crippen molar-refractivity contribution in [3.05, 3.63) is 28.8 Å². The topological polar surface area (TPSA) is 78.4 Å². The van der Waals surface area contributed by atoms with E-state index in [2.05, 4.69) is 10.6 Å². The molecule has 0 fully saturated rings. The minimum absolute atomic E-state index is 0.116. The van der Waals surface area contributed by atoms with Gasteiger partial charge < -0.3 is 15.7 Å². The first kappa shape index (κ1) is 17.5. The second-order valence-corrected chi connectivity index (χ2v) is 5.68. The number of carbonyl (C=O) groups excluding carboxylic acids is 2. The third-order valence-corrected chi connectivity index (χ3v) is 3.54. The zero-order valence-corrected chi connectivity index (χ0v) is 13.2. The molecule has 0 aliphatic carbocycles. The standard InChI is InChI=1S/C15H21ClN2O3/c1-9(2)13(19)6-7-17-14(20)15(21)18-11-5-4-10(3)12(16)8-11/h4-5,8-9,13,19H,6-7H2,1-3H3,(H,17,20)(H,18,21). The van der Waals surface area contributed by atoms with Gasteiger partial charge in [-0.2, -0.15) is 0 Å². The predicted molar refractivity (Wildman–Crippen MR) is 83.3 cm³/mol. The van der Waals surface area contributed by atoms with Crippen LogP contribution in [0, 0.1) is 12.8 Å². The molecule has 6 heteroatoms. The van der Waals surface area contributed by atoms with Crippen molar-refractivity contribution in [3.63, 3.8) is 0 Å². The summed E-state index contributed by atoms with van der Waals surface area (Å²) in [5.74, 6) is -1.37. The van der Waals surface area contributed by atoms with E-state index in [4.69, 9.17) is 11.6 Å². The highest BCUT2D eigenvalue weighted by Gasteiger charge is 2.15. The van der Waals surface area contributed by atoms with E-state index in [0.717, 1.165) is 5.56 Å². The zero-order valence-electron chi connectivity index (χ0n) is 12.4. The third kappa shape index (κ3) is 5.73. The van der Waals surface area contributed by atoms with Crippen LogP contribution in [0.1, 0.15) is 25.8 Å². The number of nitrogens with one attached hydrogen (secondary N) is 2. The van der Waals surface area contributed by atoms with Crippen LogP contribution in [0.3, 0.4) is 0 Å². The van der Waals surface area contributed by atoms with Crippen molar-refractivity contribution in [2.45, 2.75) is 33.3 Å². The molecule has 21 heavy (non-hydrogen) atoms. The van der Waals surface area contributed by atoms with Crippen molar-refractivity contribution in [2.75, 3.05) is 11.9 Å². The number of benzene rings is 1. The van der Waals surface area contributed by atoms with Gasteiger partial charge in [0.1, 0.15) is 0 Å². The van der Waals surface area contributed by atoms with E-state index in [1.165, 1.54) is 0 Å². The Labute approximate surface area is 129 Å². The van der Waals surface area contributed by atoms with Gasteiger partial charge in [0.15, 0.2) is 0 Å². The zero-order chi connectivity index (χ0) is 16.0. The molecule has 0 aromatic heterocycles. The molecule has 1 atom stereocenters. The van der Waals surface area contributed by atoms with Crippen LogP contribution >= 0.6 is 11.6 Å². The fourth-order valence-corrected chi connectivity index (χ4v) is 1.79. The largest absolute Gasteiger partial charge is 0.393 e. The van der Waals surface area contributed by atoms with Gasteiger partial charge in [-0.1, -0.05) is 31.5 Å². The van der Waals surface area contributed by atoms with Gasteiger partial charge in [-0.15, -0.1) is 0 Å². The molecule has 3 N–H and O–H groups in total. The predicted octanol–water partition coefficient (Wildman–Crippen LogP) is 2.11. The lowest BCUT2D eigenvalue weighted by atomic mass is 10.0. The van der Waals surface area contributed by atoms with E-state index in [1.807, 2.05) is 20.8 Å². The molecule has 1 unspecified atom stereocenters. The maximum absolute atomic E-state index is 11.7. The van der Waals surface area contributed by atoms with Gasteiger partial charge in [0, 0.05) is 17.3 Å². The molecule has 1 aromatic carbocycles. The van der Waals surface area contributed by atoms with Crippen molar-refractivity contribution in [3.8, 4) is 0 Å². The first-order chi connectivity index (χ1) is 9.81. The molecule has 1 rings (SSSR count). The summed E-state index contributed by atoms with van der Waals surface area (Å²) >= 11 is 5.95. The Hall–Kier alpha value is -1.59. The van der Waals surface area contributed by atoms with Crippen LogP contribution in [0.15, 0.2) is 18.2 Å². The number of halogens is 1. The normalized spacial score (nSPS) is 12.1. The van der Waals surface area contributed by atoms with Gasteiger partial charge in [0.2, 0.25) is 0 Å². The molecule has 0 aliphatic heterocycles. The summed E-state index contributed by atoms with van der Waals surface area (Å²) in [4.78, 5) is 23.3. The second kappa shape index (κ2) is 8.00. The lowest BCUT2D eigenvalue weighted by molar-refractivity contribution is -0.136. The van der Waals surface area contributed by atoms with Crippen LogP contribution in [0.5, 0.6) is 0 Å². The number of aryl methyl sites for hydroxylation is 1. The van der Waals surface area contributed by atoms with Crippen LogP contribution in [0.2, 0.25) is 5.02 Å². The van der Waals surface area contributed by atoms with Crippen LogP contribution in [0.25, 0.3) is 0 Å². The van der Waals surface area contributed by atoms with Gasteiger partial charge in [-0.05, 0) is 37.0 Å². The van der Waals surface area contributed by atoms with Crippen molar-refractivity contribution < 1.29 is 14.7 Å². The highest BCUT2D eigenvalue weighted by atomic mass is 35.5. The van der Waals surface area contributed by atoms with Gasteiger partial charge in [-0.3, -0.25) is 9.59 Å². The molecule has 0 saturated heterocycles. The number of hydrogen-bond donors (Lipinski definition) is 3. The molecule has 1 aromatic rings. The molecule has 2 amide bonds. The monoisotopic (exact) mass is 312 g/mol. The van der Waals surface area contributed by atoms with Crippen LogP contribution < -0.4 is 10.6 Å².